The molecule has 1 heterocycles. The standard InChI is InChI=1S/C11H14N2O/c1-10(11-5-3-2-4-6-11)12-13-7-8-14-9-13/h2-6H,7-9H2,1H3/b12-10-. The molecule has 1 aliphatic rings. The quantitative estimate of drug-likeness (QED) is 0.663. The van der Waals surface area contributed by atoms with Gasteiger partial charge in [0.15, 0.2) is 0 Å². The number of hydrazone groups is 1. The Morgan fingerprint density at radius 3 is 2.79 bits per heavy atom. The van der Waals surface area contributed by atoms with Gasteiger partial charge in [0.05, 0.1) is 18.9 Å². The molecule has 0 amide bonds. The van der Waals surface area contributed by atoms with Crippen molar-refractivity contribution in [3.05, 3.63) is 35.9 Å². The Bertz CT molecular complexity index is 315. The highest BCUT2D eigenvalue weighted by atomic mass is 16.5. The minimum absolute atomic E-state index is 0.615. The van der Waals surface area contributed by atoms with Gasteiger partial charge in [-0.25, -0.2) is 0 Å². The van der Waals surface area contributed by atoms with Crippen molar-refractivity contribution >= 4 is 5.71 Å². The van der Waals surface area contributed by atoms with Gasteiger partial charge in [-0.15, -0.1) is 0 Å². The molecule has 0 saturated carbocycles. The Balaban J connectivity index is 2.10. The van der Waals surface area contributed by atoms with Crippen LogP contribution in [-0.2, 0) is 4.74 Å². The van der Waals surface area contributed by atoms with Crippen LogP contribution in [0.15, 0.2) is 35.4 Å². The van der Waals surface area contributed by atoms with Crippen molar-refractivity contribution in [1.29, 1.82) is 0 Å². The average Bonchev–Trinajstić information content (AvgIpc) is 2.72. The molecule has 0 aliphatic carbocycles. The molecule has 2 rings (SSSR count). The molecular formula is C11H14N2O. The smallest absolute Gasteiger partial charge is 0.135 e. The third-order valence-electron chi connectivity index (χ3n) is 2.22. The predicted molar refractivity (Wildman–Crippen MR) is 56.2 cm³/mol. The average molecular weight is 190 g/mol. The maximum absolute atomic E-state index is 5.21. The van der Waals surface area contributed by atoms with Crippen molar-refractivity contribution in [1.82, 2.24) is 5.01 Å². The second-order valence-corrected chi connectivity index (χ2v) is 3.32. The van der Waals surface area contributed by atoms with Gasteiger partial charge in [-0.05, 0) is 12.5 Å². The number of ether oxygens (including phenoxy) is 1. The molecule has 1 fully saturated rings. The molecule has 14 heavy (non-hydrogen) atoms. The number of hydrogen-bond donors (Lipinski definition) is 0. The summed E-state index contributed by atoms with van der Waals surface area (Å²) in [5, 5.41) is 6.42. The van der Waals surface area contributed by atoms with Crippen molar-refractivity contribution in [2.24, 2.45) is 5.10 Å². The highest BCUT2D eigenvalue weighted by molar-refractivity contribution is 5.98. The summed E-state index contributed by atoms with van der Waals surface area (Å²) in [4.78, 5) is 0. The summed E-state index contributed by atoms with van der Waals surface area (Å²) in [7, 11) is 0. The molecule has 0 N–H and O–H groups in total. The zero-order valence-electron chi connectivity index (χ0n) is 8.31. The summed E-state index contributed by atoms with van der Waals surface area (Å²) in [6.45, 7) is 4.31. The van der Waals surface area contributed by atoms with Crippen LogP contribution in [-0.4, -0.2) is 30.6 Å². The number of hydrogen-bond acceptors (Lipinski definition) is 3. The lowest BCUT2D eigenvalue weighted by atomic mass is 10.1. The first kappa shape index (κ1) is 9.21. The molecule has 0 aromatic heterocycles. The molecule has 1 aromatic carbocycles. The van der Waals surface area contributed by atoms with Crippen LogP contribution in [0.5, 0.6) is 0 Å². The summed E-state index contributed by atoms with van der Waals surface area (Å²) in [6.07, 6.45) is 0. The van der Waals surface area contributed by atoms with E-state index >= 15 is 0 Å². The maximum Gasteiger partial charge on any atom is 0.135 e. The first-order valence-electron chi connectivity index (χ1n) is 4.79. The fraction of sp³-hybridized carbons (Fsp3) is 0.364. The fourth-order valence-electron chi connectivity index (χ4n) is 1.43. The summed E-state index contributed by atoms with van der Waals surface area (Å²) in [5.74, 6) is 0. The van der Waals surface area contributed by atoms with E-state index in [4.69, 9.17) is 4.74 Å². The molecule has 0 spiro atoms. The number of nitrogens with zero attached hydrogens (tertiary/aromatic N) is 2. The Labute approximate surface area is 84.0 Å². The molecule has 74 valence electrons. The molecule has 0 atom stereocenters. The first-order valence-corrected chi connectivity index (χ1v) is 4.79. The van der Waals surface area contributed by atoms with Crippen molar-refractivity contribution in [2.45, 2.75) is 6.92 Å². The third kappa shape index (κ3) is 2.12. The molecule has 0 unspecified atom stereocenters. The first-order chi connectivity index (χ1) is 6.86. The van der Waals surface area contributed by atoms with E-state index in [9.17, 15) is 0 Å². The molecule has 1 aliphatic heterocycles. The highest BCUT2D eigenvalue weighted by Crippen LogP contribution is 2.05. The molecular weight excluding hydrogens is 176 g/mol. The highest BCUT2D eigenvalue weighted by Gasteiger charge is 2.09. The van der Waals surface area contributed by atoms with Gasteiger partial charge in [0.2, 0.25) is 0 Å². The van der Waals surface area contributed by atoms with E-state index in [1.165, 1.54) is 5.56 Å². The summed E-state index contributed by atoms with van der Waals surface area (Å²) < 4.78 is 5.21. The van der Waals surface area contributed by atoms with Crippen molar-refractivity contribution < 1.29 is 4.74 Å². The Morgan fingerprint density at radius 1 is 1.36 bits per heavy atom. The van der Waals surface area contributed by atoms with Crippen LogP contribution in [0.2, 0.25) is 0 Å². The van der Waals surface area contributed by atoms with Crippen LogP contribution in [0.1, 0.15) is 12.5 Å². The largest absolute Gasteiger partial charge is 0.358 e. The summed E-state index contributed by atoms with van der Waals surface area (Å²) in [5.41, 5.74) is 2.20. The van der Waals surface area contributed by atoms with Crippen molar-refractivity contribution in [2.75, 3.05) is 19.9 Å². The lowest BCUT2D eigenvalue weighted by molar-refractivity contribution is 0.143. The van der Waals surface area contributed by atoms with Crippen LogP contribution >= 0.6 is 0 Å². The zero-order chi connectivity index (χ0) is 9.80. The fourth-order valence-corrected chi connectivity index (χ4v) is 1.43. The van der Waals surface area contributed by atoms with Gasteiger partial charge in [0, 0.05) is 0 Å². The Hall–Kier alpha value is -1.35. The molecule has 1 saturated heterocycles. The molecule has 0 bridgehead atoms. The third-order valence-corrected chi connectivity index (χ3v) is 2.22. The number of rotatable bonds is 2. The SMILES string of the molecule is C/C(=N/N1CCOC1)c1ccccc1. The second-order valence-electron chi connectivity index (χ2n) is 3.32. The Kier molecular flexibility index (Phi) is 2.79. The van der Waals surface area contributed by atoms with E-state index in [2.05, 4.69) is 17.2 Å². The van der Waals surface area contributed by atoms with E-state index in [1.54, 1.807) is 0 Å². The molecule has 0 radical (unpaired) electrons. The van der Waals surface area contributed by atoms with Gasteiger partial charge in [-0.2, -0.15) is 5.10 Å². The van der Waals surface area contributed by atoms with Gasteiger partial charge < -0.3 is 4.74 Å². The normalized spacial score (nSPS) is 17.5. The van der Waals surface area contributed by atoms with Gasteiger partial charge in [-0.3, -0.25) is 5.01 Å². The van der Waals surface area contributed by atoms with Crippen LogP contribution in [0, 0.1) is 0 Å². The molecule has 3 nitrogen and oxygen atoms in total. The molecule has 1 aromatic rings. The minimum Gasteiger partial charge on any atom is -0.358 e. The zero-order valence-corrected chi connectivity index (χ0v) is 8.31. The number of benzene rings is 1. The van der Waals surface area contributed by atoms with Crippen LogP contribution < -0.4 is 0 Å². The predicted octanol–water partition coefficient (Wildman–Crippen LogP) is 1.70. The van der Waals surface area contributed by atoms with E-state index in [0.29, 0.717) is 6.73 Å². The minimum atomic E-state index is 0.615. The van der Waals surface area contributed by atoms with E-state index in [1.807, 2.05) is 30.1 Å². The van der Waals surface area contributed by atoms with Gasteiger partial charge >= 0.3 is 0 Å². The Morgan fingerprint density at radius 2 is 2.14 bits per heavy atom. The van der Waals surface area contributed by atoms with Gasteiger partial charge in [0.25, 0.3) is 0 Å². The van der Waals surface area contributed by atoms with E-state index in [0.717, 1.165) is 18.9 Å². The monoisotopic (exact) mass is 190 g/mol. The van der Waals surface area contributed by atoms with Crippen molar-refractivity contribution in [3.63, 3.8) is 0 Å². The second kappa shape index (κ2) is 4.24. The lowest BCUT2D eigenvalue weighted by Crippen LogP contribution is -2.15. The van der Waals surface area contributed by atoms with Crippen LogP contribution in [0.4, 0.5) is 0 Å². The topological polar surface area (TPSA) is 24.8 Å². The van der Waals surface area contributed by atoms with Gasteiger partial charge in [0.1, 0.15) is 6.73 Å². The van der Waals surface area contributed by atoms with Gasteiger partial charge in [-0.1, -0.05) is 30.3 Å². The van der Waals surface area contributed by atoms with Crippen LogP contribution in [0.25, 0.3) is 0 Å². The summed E-state index contributed by atoms with van der Waals surface area (Å²) >= 11 is 0. The van der Waals surface area contributed by atoms with E-state index in [-0.39, 0.29) is 0 Å². The molecule has 3 heteroatoms. The maximum atomic E-state index is 5.21. The van der Waals surface area contributed by atoms with E-state index < -0.39 is 0 Å². The van der Waals surface area contributed by atoms with Crippen molar-refractivity contribution in [3.8, 4) is 0 Å². The lowest BCUT2D eigenvalue weighted by Gasteiger charge is -2.09. The van der Waals surface area contributed by atoms with Crippen LogP contribution in [0.3, 0.4) is 0 Å². The summed E-state index contributed by atoms with van der Waals surface area (Å²) in [6, 6.07) is 10.2.